The first-order chi connectivity index (χ1) is 11.1. The van der Waals surface area contributed by atoms with E-state index in [0.29, 0.717) is 6.54 Å². The lowest BCUT2D eigenvalue weighted by atomic mass is 9.83. The molecule has 0 aromatic carbocycles. The SMILES string of the molecule is O=C(O)CN1CCCCC(N2CCC(C3CCCC3)CC2)C1=O. The Kier molecular flexibility index (Phi) is 5.57. The van der Waals surface area contributed by atoms with Crippen molar-refractivity contribution in [3.05, 3.63) is 0 Å². The van der Waals surface area contributed by atoms with Crippen molar-refractivity contribution in [2.45, 2.75) is 63.8 Å². The van der Waals surface area contributed by atoms with Crippen LogP contribution in [0.15, 0.2) is 0 Å². The van der Waals surface area contributed by atoms with E-state index in [-0.39, 0.29) is 18.5 Å². The van der Waals surface area contributed by atoms with Crippen LogP contribution in [0.3, 0.4) is 0 Å². The molecule has 0 bridgehead atoms. The van der Waals surface area contributed by atoms with E-state index in [4.69, 9.17) is 5.11 Å². The van der Waals surface area contributed by atoms with E-state index in [1.165, 1.54) is 38.5 Å². The summed E-state index contributed by atoms with van der Waals surface area (Å²) in [6, 6.07) is -0.0821. The van der Waals surface area contributed by atoms with Crippen LogP contribution in [0.4, 0.5) is 0 Å². The van der Waals surface area contributed by atoms with Gasteiger partial charge in [-0.05, 0) is 57.0 Å². The molecule has 0 aromatic heterocycles. The Balaban J connectivity index is 1.57. The van der Waals surface area contributed by atoms with Gasteiger partial charge in [0.15, 0.2) is 0 Å². The molecular weight excluding hydrogens is 292 g/mol. The predicted molar refractivity (Wildman–Crippen MR) is 88.1 cm³/mol. The summed E-state index contributed by atoms with van der Waals surface area (Å²) in [7, 11) is 0. The van der Waals surface area contributed by atoms with E-state index in [0.717, 1.165) is 44.2 Å². The number of likely N-dealkylation sites (tertiary alicyclic amines) is 2. The predicted octanol–water partition coefficient (Wildman–Crippen LogP) is 2.35. The molecule has 2 aliphatic heterocycles. The van der Waals surface area contributed by atoms with Crippen LogP contribution in [0, 0.1) is 11.8 Å². The lowest BCUT2D eigenvalue weighted by Crippen LogP contribution is -2.51. The van der Waals surface area contributed by atoms with E-state index >= 15 is 0 Å². The van der Waals surface area contributed by atoms with Crippen LogP contribution in [0.5, 0.6) is 0 Å². The second-order valence-corrected chi connectivity index (χ2v) is 7.58. The first-order valence-electron chi connectivity index (χ1n) is 9.40. The molecule has 1 aliphatic carbocycles. The molecule has 3 fully saturated rings. The van der Waals surface area contributed by atoms with Crippen molar-refractivity contribution in [3.8, 4) is 0 Å². The standard InChI is InChI=1S/C18H30N2O3/c21-17(22)13-20-10-4-3-7-16(18(20)23)19-11-8-15(9-12-19)14-5-1-2-6-14/h14-16H,1-13H2,(H,21,22). The minimum Gasteiger partial charge on any atom is -0.480 e. The van der Waals surface area contributed by atoms with Crippen LogP contribution < -0.4 is 0 Å². The second-order valence-electron chi connectivity index (χ2n) is 7.58. The highest BCUT2D eigenvalue weighted by Crippen LogP contribution is 2.37. The molecule has 0 radical (unpaired) electrons. The van der Waals surface area contributed by atoms with Gasteiger partial charge in [-0.1, -0.05) is 25.7 Å². The van der Waals surface area contributed by atoms with E-state index in [9.17, 15) is 9.59 Å². The fourth-order valence-electron chi connectivity index (χ4n) is 4.88. The number of carbonyl (C=O) groups is 2. The number of carboxylic acids is 1. The summed E-state index contributed by atoms with van der Waals surface area (Å²) in [4.78, 5) is 27.6. The third kappa shape index (κ3) is 4.06. The topological polar surface area (TPSA) is 60.9 Å². The van der Waals surface area contributed by atoms with E-state index in [1.807, 2.05) is 0 Å². The molecule has 0 aromatic rings. The maximum atomic E-state index is 12.7. The van der Waals surface area contributed by atoms with Gasteiger partial charge in [-0.2, -0.15) is 0 Å². The van der Waals surface area contributed by atoms with Crippen molar-refractivity contribution >= 4 is 11.9 Å². The maximum absolute atomic E-state index is 12.7. The summed E-state index contributed by atoms with van der Waals surface area (Å²) < 4.78 is 0. The number of rotatable bonds is 4. The number of hydrogen-bond acceptors (Lipinski definition) is 3. The van der Waals surface area contributed by atoms with Gasteiger partial charge in [0.25, 0.3) is 0 Å². The Morgan fingerprint density at radius 2 is 1.52 bits per heavy atom. The Morgan fingerprint density at radius 1 is 0.913 bits per heavy atom. The van der Waals surface area contributed by atoms with Crippen LogP contribution in [0.1, 0.15) is 57.8 Å². The molecule has 1 unspecified atom stereocenters. The van der Waals surface area contributed by atoms with Gasteiger partial charge in [-0.15, -0.1) is 0 Å². The average Bonchev–Trinajstić information content (AvgIpc) is 3.02. The van der Waals surface area contributed by atoms with Crippen molar-refractivity contribution in [2.24, 2.45) is 11.8 Å². The number of piperidine rings is 1. The Bertz CT molecular complexity index is 426. The van der Waals surface area contributed by atoms with Gasteiger partial charge in [-0.3, -0.25) is 14.5 Å². The monoisotopic (exact) mass is 322 g/mol. The van der Waals surface area contributed by atoms with Crippen molar-refractivity contribution in [1.82, 2.24) is 9.80 Å². The van der Waals surface area contributed by atoms with E-state index in [2.05, 4.69) is 4.90 Å². The molecule has 23 heavy (non-hydrogen) atoms. The fraction of sp³-hybridized carbons (Fsp3) is 0.889. The highest BCUT2D eigenvalue weighted by molar-refractivity contribution is 5.85. The van der Waals surface area contributed by atoms with Gasteiger partial charge in [-0.25, -0.2) is 0 Å². The van der Waals surface area contributed by atoms with Crippen molar-refractivity contribution in [3.63, 3.8) is 0 Å². The van der Waals surface area contributed by atoms with E-state index < -0.39 is 5.97 Å². The number of carbonyl (C=O) groups excluding carboxylic acids is 1. The van der Waals surface area contributed by atoms with Crippen LogP contribution in [0.2, 0.25) is 0 Å². The smallest absolute Gasteiger partial charge is 0.323 e. The molecule has 5 nitrogen and oxygen atoms in total. The zero-order chi connectivity index (χ0) is 16.2. The van der Waals surface area contributed by atoms with Crippen LogP contribution in [-0.2, 0) is 9.59 Å². The Hall–Kier alpha value is -1.10. The maximum Gasteiger partial charge on any atom is 0.323 e. The third-order valence-corrected chi connectivity index (χ3v) is 6.16. The molecule has 1 N–H and O–H groups in total. The van der Waals surface area contributed by atoms with Gasteiger partial charge in [0.1, 0.15) is 6.54 Å². The van der Waals surface area contributed by atoms with Gasteiger partial charge in [0.05, 0.1) is 6.04 Å². The summed E-state index contributed by atoms with van der Waals surface area (Å²) in [5.74, 6) is 0.915. The molecule has 0 spiro atoms. The molecule has 1 atom stereocenters. The molecule has 130 valence electrons. The molecule has 1 saturated carbocycles. The molecule has 3 rings (SSSR count). The van der Waals surface area contributed by atoms with Crippen molar-refractivity contribution in [1.29, 1.82) is 0 Å². The van der Waals surface area contributed by atoms with Gasteiger partial charge in [0, 0.05) is 6.54 Å². The number of amides is 1. The number of carboxylic acid groups (broad SMARTS) is 1. The van der Waals surface area contributed by atoms with Gasteiger partial charge in [0.2, 0.25) is 5.91 Å². The highest BCUT2D eigenvalue weighted by Gasteiger charge is 2.36. The largest absolute Gasteiger partial charge is 0.480 e. The van der Waals surface area contributed by atoms with Crippen molar-refractivity contribution in [2.75, 3.05) is 26.2 Å². The average molecular weight is 322 g/mol. The zero-order valence-corrected chi connectivity index (χ0v) is 14.1. The molecule has 3 aliphatic rings. The molecule has 2 saturated heterocycles. The van der Waals surface area contributed by atoms with Crippen LogP contribution in [0.25, 0.3) is 0 Å². The Morgan fingerprint density at radius 3 is 2.17 bits per heavy atom. The van der Waals surface area contributed by atoms with Crippen LogP contribution >= 0.6 is 0 Å². The second kappa shape index (κ2) is 7.65. The summed E-state index contributed by atoms with van der Waals surface area (Å²) in [6.07, 6.45) is 10.9. The van der Waals surface area contributed by atoms with E-state index in [1.54, 1.807) is 4.90 Å². The van der Waals surface area contributed by atoms with Crippen LogP contribution in [-0.4, -0.2) is 59.0 Å². The number of hydrogen-bond donors (Lipinski definition) is 1. The number of aliphatic carboxylic acids is 1. The fourth-order valence-corrected chi connectivity index (χ4v) is 4.88. The first-order valence-corrected chi connectivity index (χ1v) is 9.40. The minimum absolute atomic E-state index is 0.0456. The zero-order valence-electron chi connectivity index (χ0n) is 14.1. The summed E-state index contributed by atoms with van der Waals surface area (Å²) >= 11 is 0. The summed E-state index contributed by atoms with van der Waals surface area (Å²) in [6.45, 7) is 2.48. The first kappa shape index (κ1) is 16.7. The highest BCUT2D eigenvalue weighted by atomic mass is 16.4. The quantitative estimate of drug-likeness (QED) is 0.863. The van der Waals surface area contributed by atoms with Gasteiger partial charge < -0.3 is 10.0 Å². The third-order valence-electron chi connectivity index (χ3n) is 6.16. The summed E-state index contributed by atoms with van der Waals surface area (Å²) in [5.41, 5.74) is 0. The van der Waals surface area contributed by atoms with Crippen molar-refractivity contribution < 1.29 is 14.7 Å². The summed E-state index contributed by atoms with van der Waals surface area (Å²) in [5, 5.41) is 9.02. The minimum atomic E-state index is -0.904. The molecular formula is C18H30N2O3. The molecule has 1 amide bonds. The molecule has 5 heteroatoms. The lowest BCUT2D eigenvalue weighted by Gasteiger charge is -2.39. The normalized spacial score (nSPS) is 29.0. The Labute approximate surface area is 139 Å². The number of nitrogens with zero attached hydrogens (tertiary/aromatic N) is 2. The lowest BCUT2D eigenvalue weighted by molar-refractivity contribution is -0.146. The molecule has 2 heterocycles. The van der Waals surface area contributed by atoms with Gasteiger partial charge >= 0.3 is 5.97 Å².